The molecular formula is C4H14O2Sn. The van der Waals surface area contributed by atoms with E-state index in [0.717, 1.165) is 0 Å². The summed E-state index contributed by atoms with van der Waals surface area (Å²) in [5.41, 5.74) is 0. The Morgan fingerprint density at radius 2 is 1.71 bits per heavy atom. The number of rotatable bonds is 2. The first-order valence-corrected chi connectivity index (χ1v) is 4.45. The van der Waals surface area contributed by atoms with Crippen molar-refractivity contribution in [2.45, 2.75) is 24.2 Å². The van der Waals surface area contributed by atoms with Gasteiger partial charge < -0.3 is 11.0 Å². The molecule has 2 nitrogen and oxygen atoms in total. The van der Waals surface area contributed by atoms with Gasteiger partial charge >= 0.3 is 46.7 Å². The summed E-state index contributed by atoms with van der Waals surface area (Å²) in [5.74, 6) is 0. The second-order valence-electron chi connectivity index (χ2n) is 1.14. The monoisotopic (exact) mass is 214 g/mol. The van der Waals surface area contributed by atoms with Crippen molar-refractivity contribution >= 4 is 22.5 Å². The summed E-state index contributed by atoms with van der Waals surface area (Å²) < 4.78 is 1.47. The molecule has 46 valence electrons. The summed E-state index contributed by atoms with van der Waals surface area (Å²) in [7, 11) is 0. The Morgan fingerprint density at radius 3 is 1.71 bits per heavy atom. The molecule has 0 fully saturated rings. The second kappa shape index (κ2) is 15.9. The van der Waals surface area contributed by atoms with Crippen molar-refractivity contribution in [2.24, 2.45) is 0 Å². The molecule has 0 saturated carbocycles. The summed E-state index contributed by atoms with van der Waals surface area (Å²) in [4.78, 5) is 0. The van der Waals surface area contributed by atoms with Crippen molar-refractivity contribution < 1.29 is 11.0 Å². The van der Waals surface area contributed by atoms with Gasteiger partial charge in [0, 0.05) is 0 Å². The zero-order valence-electron chi connectivity index (χ0n) is 4.70. The molecule has 0 aromatic heterocycles. The van der Waals surface area contributed by atoms with E-state index in [0.29, 0.717) is 0 Å². The van der Waals surface area contributed by atoms with Crippen LogP contribution in [-0.4, -0.2) is 33.5 Å². The van der Waals surface area contributed by atoms with Gasteiger partial charge in [-0.05, 0) is 0 Å². The van der Waals surface area contributed by atoms with Crippen molar-refractivity contribution in [1.82, 2.24) is 0 Å². The minimum absolute atomic E-state index is 0. The molecule has 0 amide bonds. The van der Waals surface area contributed by atoms with Crippen LogP contribution in [0.25, 0.3) is 0 Å². The molecule has 7 heavy (non-hydrogen) atoms. The van der Waals surface area contributed by atoms with Crippen LogP contribution >= 0.6 is 0 Å². The molecule has 0 aromatic carbocycles. The topological polar surface area (TPSA) is 63.0 Å². The maximum absolute atomic E-state index is 2.23. The fraction of sp³-hybridized carbons (Fsp3) is 1.00. The molecule has 0 aliphatic heterocycles. The smallest absolute Gasteiger partial charge is 0.412 e. The van der Waals surface area contributed by atoms with Crippen LogP contribution in [0.4, 0.5) is 0 Å². The minimum Gasteiger partial charge on any atom is -0.412 e. The summed E-state index contributed by atoms with van der Waals surface area (Å²) in [6, 6.07) is 0. The maximum atomic E-state index is 2.23. The van der Waals surface area contributed by atoms with Gasteiger partial charge in [-0.3, -0.25) is 0 Å². The van der Waals surface area contributed by atoms with Crippen LogP contribution < -0.4 is 0 Å². The van der Waals surface area contributed by atoms with Gasteiger partial charge in [-0.25, -0.2) is 0 Å². The Labute approximate surface area is 58.0 Å². The molecule has 0 bridgehead atoms. The van der Waals surface area contributed by atoms with Crippen molar-refractivity contribution in [3.8, 4) is 0 Å². The van der Waals surface area contributed by atoms with Gasteiger partial charge in [-0.15, -0.1) is 0 Å². The third-order valence-electron chi connectivity index (χ3n) is 0.558. The molecule has 0 rings (SSSR count). The molecule has 0 heterocycles. The average Bonchev–Trinajstić information content (AvgIpc) is 1.41. The van der Waals surface area contributed by atoms with Gasteiger partial charge in [0.15, 0.2) is 0 Å². The van der Waals surface area contributed by atoms with E-state index in [4.69, 9.17) is 0 Å². The Morgan fingerprint density at radius 1 is 1.29 bits per heavy atom. The fourth-order valence-corrected chi connectivity index (χ4v) is 1.37. The standard InChI is InChI=1S/C4H9.2H2O.Sn.H/c1-3-4-2;;;;/h1,3-4H2,2H3;2*1H2;;. The van der Waals surface area contributed by atoms with Crippen molar-refractivity contribution in [3.63, 3.8) is 0 Å². The largest absolute Gasteiger partial charge is 0.412 e. The Balaban J connectivity index is -0.0000000800. The first kappa shape index (κ1) is 15.6. The van der Waals surface area contributed by atoms with Gasteiger partial charge in [0.25, 0.3) is 0 Å². The molecule has 0 saturated heterocycles. The van der Waals surface area contributed by atoms with E-state index >= 15 is 0 Å². The maximum Gasteiger partial charge on any atom is -0.412 e. The van der Waals surface area contributed by atoms with E-state index < -0.39 is 0 Å². The van der Waals surface area contributed by atoms with Crippen LogP contribution in [-0.2, 0) is 0 Å². The zero-order chi connectivity index (χ0) is 4.12. The average molecular weight is 213 g/mol. The summed E-state index contributed by atoms with van der Waals surface area (Å²) in [6.07, 6.45) is 2.82. The predicted molar refractivity (Wildman–Crippen MR) is 34.1 cm³/mol. The van der Waals surface area contributed by atoms with E-state index in [1.807, 2.05) is 0 Å². The first-order chi connectivity index (χ1) is 2.41. The van der Waals surface area contributed by atoms with Crippen LogP contribution in [0.5, 0.6) is 0 Å². The van der Waals surface area contributed by atoms with Gasteiger partial charge in [-0.1, -0.05) is 0 Å². The molecule has 0 atom stereocenters. The SMILES string of the molecule is CCC[CH2][SnH].O.O. The molecule has 0 aromatic rings. The van der Waals surface area contributed by atoms with Crippen molar-refractivity contribution in [3.05, 3.63) is 0 Å². The quantitative estimate of drug-likeness (QED) is 0.552. The molecule has 4 N–H and O–H groups in total. The van der Waals surface area contributed by atoms with Gasteiger partial charge in [0.1, 0.15) is 0 Å². The van der Waals surface area contributed by atoms with Gasteiger partial charge in [0.05, 0.1) is 0 Å². The molecule has 2 radical (unpaired) electrons. The second-order valence-corrected chi connectivity index (χ2v) is 2.79. The molecular weight excluding hydrogens is 199 g/mol. The zero-order valence-corrected chi connectivity index (χ0v) is 7.99. The Hall–Kier alpha value is 0.719. The fourth-order valence-electron chi connectivity index (χ4n) is 0.204. The van der Waals surface area contributed by atoms with Crippen LogP contribution in [0.1, 0.15) is 19.8 Å². The minimum atomic E-state index is 0. The summed E-state index contributed by atoms with van der Waals surface area (Å²) >= 11 is 1.45. The Kier molecular flexibility index (Phi) is 35.5. The van der Waals surface area contributed by atoms with Crippen LogP contribution in [0.3, 0.4) is 0 Å². The summed E-state index contributed by atoms with van der Waals surface area (Å²) in [5, 5.41) is 0. The van der Waals surface area contributed by atoms with E-state index in [1.54, 1.807) is 0 Å². The van der Waals surface area contributed by atoms with Crippen molar-refractivity contribution in [2.75, 3.05) is 0 Å². The van der Waals surface area contributed by atoms with Crippen LogP contribution in [0, 0.1) is 0 Å². The van der Waals surface area contributed by atoms with Crippen molar-refractivity contribution in [1.29, 1.82) is 0 Å². The number of hydrogen-bond acceptors (Lipinski definition) is 0. The third-order valence-corrected chi connectivity index (χ3v) is 1.72. The molecule has 0 aliphatic rings. The number of hydrogen-bond donors (Lipinski definition) is 0. The third kappa shape index (κ3) is 20.2. The van der Waals surface area contributed by atoms with Crippen LogP contribution in [0.15, 0.2) is 0 Å². The molecule has 0 spiro atoms. The van der Waals surface area contributed by atoms with E-state index in [9.17, 15) is 0 Å². The van der Waals surface area contributed by atoms with E-state index in [-0.39, 0.29) is 11.0 Å². The molecule has 0 aliphatic carbocycles. The van der Waals surface area contributed by atoms with Gasteiger partial charge in [-0.2, -0.15) is 0 Å². The first-order valence-electron chi connectivity index (χ1n) is 2.12. The van der Waals surface area contributed by atoms with E-state index in [1.165, 1.54) is 39.8 Å². The number of unbranched alkanes of at least 4 members (excludes halogenated alkanes) is 1. The van der Waals surface area contributed by atoms with Crippen LogP contribution in [0.2, 0.25) is 4.44 Å². The Bertz CT molecular complexity index is 17.2. The van der Waals surface area contributed by atoms with Gasteiger partial charge in [0.2, 0.25) is 0 Å². The molecule has 3 heteroatoms. The normalized spacial score (nSPS) is 6.00. The van der Waals surface area contributed by atoms with E-state index in [2.05, 4.69) is 6.92 Å². The molecule has 0 unspecified atom stereocenters. The summed E-state index contributed by atoms with van der Waals surface area (Å²) in [6.45, 7) is 2.23. The predicted octanol–water partition coefficient (Wildman–Crippen LogP) is -0.544.